The Labute approximate surface area is 205 Å². The van der Waals surface area contributed by atoms with Gasteiger partial charge in [-0.1, -0.05) is 43.7 Å². The molecule has 2 aromatic rings. The molecular formula is C27H32FN3O4. The molecule has 7 nitrogen and oxygen atoms in total. The third-order valence-electron chi connectivity index (χ3n) is 6.70. The van der Waals surface area contributed by atoms with Crippen molar-refractivity contribution >= 4 is 17.7 Å². The first-order chi connectivity index (χ1) is 16.7. The number of amides is 3. The van der Waals surface area contributed by atoms with E-state index in [-0.39, 0.29) is 43.0 Å². The van der Waals surface area contributed by atoms with E-state index in [1.54, 1.807) is 34.1 Å². The number of nitrogens with zero attached hydrogens (tertiary/aromatic N) is 2. The van der Waals surface area contributed by atoms with Gasteiger partial charge in [0.25, 0.3) is 11.8 Å². The lowest BCUT2D eigenvalue weighted by atomic mass is 9.96. The van der Waals surface area contributed by atoms with Crippen LogP contribution in [0.1, 0.15) is 53.0 Å². The minimum absolute atomic E-state index is 0.0225. The zero-order chi connectivity index (χ0) is 25.2. The van der Waals surface area contributed by atoms with Crippen LogP contribution in [-0.2, 0) is 9.53 Å². The van der Waals surface area contributed by atoms with E-state index in [1.165, 1.54) is 12.1 Å². The number of ether oxygens (including phenoxy) is 1. The van der Waals surface area contributed by atoms with Gasteiger partial charge in [-0.15, -0.1) is 0 Å². The lowest BCUT2D eigenvalue weighted by Gasteiger charge is -2.44. The Hall–Kier alpha value is -3.26. The number of carbonyl (C=O) groups excluding carboxylic acids is 3. The number of carbonyl (C=O) groups is 3. The van der Waals surface area contributed by atoms with Crippen molar-refractivity contribution in [2.24, 2.45) is 5.92 Å². The van der Waals surface area contributed by atoms with Gasteiger partial charge in [-0.05, 0) is 37.1 Å². The highest BCUT2D eigenvalue weighted by atomic mass is 19.1. The van der Waals surface area contributed by atoms with E-state index in [4.69, 9.17) is 4.74 Å². The highest BCUT2D eigenvalue weighted by Crippen LogP contribution is 2.39. The van der Waals surface area contributed by atoms with E-state index >= 15 is 0 Å². The van der Waals surface area contributed by atoms with Crippen LogP contribution < -0.4 is 5.32 Å². The van der Waals surface area contributed by atoms with E-state index in [0.29, 0.717) is 24.9 Å². The first kappa shape index (κ1) is 24.9. The minimum Gasteiger partial charge on any atom is -0.354 e. The fourth-order valence-corrected chi connectivity index (χ4v) is 4.69. The summed E-state index contributed by atoms with van der Waals surface area (Å²) in [6.45, 7) is 7.10. The smallest absolute Gasteiger partial charge is 0.256 e. The summed E-state index contributed by atoms with van der Waals surface area (Å²) in [4.78, 5) is 42.8. The third kappa shape index (κ3) is 5.07. The second-order valence-electron chi connectivity index (χ2n) is 9.73. The third-order valence-corrected chi connectivity index (χ3v) is 6.70. The van der Waals surface area contributed by atoms with Crippen molar-refractivity contribution in [1.82, 2.24) is 15.1 Å². The van der Waals surface area contributed by atoms with Crippen LogP contribution in [0.3, 0.4) is 0 Å². The molecule has 1 atom stereocenters. The van der Waals surface area contributed by atoms with Crippen LogP contribution in [-0.4, -0.2) is 65.5 Å². The van der Waals surface area contributed by atoms with Crippen LogP contribution in [0.5, 0.6) is 0 Å². The predicted octanol–water partition coefficient (Wildman–Crippen LogP) is 3.38. The molecule has 0 radical (unpaired) electrons. The molecule has 1 unspecified atom stereocenters. The SMILES string of the molecule is Cc1ccc(C(=O)N2C(C(=O)NCC(C)C)COC23CCN(C(=O)c2ccccc2F)CC3)cc1. The van der Waals surface area contributed by atoms with Gasteiger partial charge < -0.3 is 15.0 Å². The summed E-state index contributed by atoms with van der Waals surface area (Å²) in [5.74, 6) is -1.21. The molecule has 2 heterocycles. The summed E-state index contributed by atoms with van der Waals surface area (Å²) in [6.07, 6.45) is 0.664. The fourth-order valence-electron chi connectivity index (χ4n) is 4.69. The van der Waals surface area contributed by atoms with Crippen molar-refractivity contribution < 1.29 is 23.5 Å². The number of halogens is 1. The van der Waals surface area contributed by atoms with E-state index in [2.05, 4.69) is 5.32 Å². The van der Waals surface area contributed by atoms with Crippen molar-refractivity contribution in [1.29, 1.82) is 0 Å². The van der Waals surface area contributed by atoms with E-state index in [9.17, 15) is 18.8 Å². The lowest BCUT2D eigenvalue weighted by Crippen LogP contribution is -2.60. The summed E-state index contributed by atoms with van der Waals surface area (Å²) in [6, 6.07) is 12.4. The molecule has 0 aromatic heterocycles. The molecule has 0 bridgehead atoms. The Morgan fingerprint density at radius 1 is 1.06 bits per heavy atom. The monoisotopic (exact) mass is 481 g/mol. The van der Waals surface area contributed by atoms with Crippen LogP contribution in [0.4, 0.5) is 4.39 Å². The lowest BCUT2D eigenvalue weighted by molar-refractivity contribution is -0.128. The topological polar surface area (TPSA) is 79.0 Å². The van der Waals surface area contributed by atoms with Gasteiger partial charge in [0.15, 0.2) is 0 Å². The van der Waals surface area contributed by atoms with Crippen molar-refractivity contribution in [2.75, 3.05) is 26.2 Å². The molecule has 186 valence electrons. The molecular weight excluding hydrogens is 449 g/mol. The molecule has 2 aromatic carbocycles. The molecule has 4 rings (SSSR count). The average Bonchev–Trinajstić information content (AvgIpc) is 3.21. The van der Waals surface area contributed by atoms with Gasteiger partial charge in [0.05, 0.1) is 12.2 Å². The fraction of sp³-hybridized carbons (Fsp3) is 0.444. The highest BCUT2D eigenvalue weighted by molar-refractivity contribution is 5.98. The first-order valence-corrected chi connectivity index (χ1v) is 12.1. The van der Waals surface area contributed by atoms with Crippen molar-refractivity contribution in [2.45, 2.75) is 45.4 Å². The average molecular weight is 482 g/mol. The zero-order valence-corrected chi connectivity index (χ0v) is 20.4. The van der Waals surface area contributed by atoms with Gasteiger partial charge in [-0.2, -0.15) is 0 Å². The second kappa shape index (κ2) is 10.2. The van der Waals surface area contributed by atoms with Crippen molar-refractivity contribution in [3.8, 4) is 0 Å². The number of aryl methyl sites for hydroxylation is 1. The molecule has 35 heavy (non-hydrogen) atoms. The van der Waals surface area contributed by atoms with Gasteiger partial charge in [-0.3, -0.25) is 19.3 Å². The standard InChI is InChI=1S/C27H32FN3O4/c1-18(2)16-29-24(32)23-17-35-27(31(23)25(33)20-10-8-19(3)9-11-20)12-14-30(15-13-27)26(34)21-6-4-5-7-22(21)28/h4-11,18,23H,12-17H2,1-3H3,(H,29,32). The van der Waals surface area contributed by atoms with E-state index in [1.807, 2.05) is 32.9 Å². The molecule has 3 amide bonds. The van der Waals surface area contributed by atoms with Gasteiger partial charge in [0, 0.05) is 38.0 Å². The number of hydrogen-bond donors (Lipinski definition) is 1. The Morgan fingerprint density at radius 3 is 2.34 bits per heavy atom. The minimum atomic E-state index is -1.01. The maximum atomic E-state index is 14.2. The molecule has 0 aliphatic carbocycles. The van der Waals surface area contributed by atoms with E-state index < -0.39 is 23.5 Å². The molecule has 2 aliphatic rings. The molecule has 1 N–H and O–H groups in total. The molecule has 2 aliphatic heterocycles. The molecule has 8 heteroatoms. The molecule has 2 fully saturated rings. The number of benzene rings is 2. The normalized spacial score (nSPS) is 19.3. The Bertz CT molecular complexity index is 1090. The summed E-state index contributed by atoms with van der Waals surface area (Å²) in [5, 5.41) is 2.93. The Balaban J connectivity index is 1.57. The number of rotatable bonds is 5. The second-order valence-corrected chi connectivity index (χ2v) is 9.73. The van der Waals surface area contributed by atoms with E-state index in [0.717, 1.165) is 5.56 Å². The summed E-state index contributed by atoms with van der Waals surface area (Å²) in [5.41, 5.74) is 0.523. The summed E-state index contributed by atoms with van der Waals surface area (Å²) in [7, 11) is 0. The number of piperidine rings is 1. The maximum absolute atomic E-state index is 14.2. The number of hydrogen-bond acceptors (Lipinski definition) is 4. The van der Waals surface area contributed by atoms with Crippen molar-refractivity contribution in [3.63, 3.8) is 0 Å². The number of likely N-dealkylation sites (tertiary alicyclic amines) is 1. The van der Waals surface area contributed by atoms with Crippen molar-refractivity contribution in [3.05, 3.63) is 71.0 Å². The first-order valence-electron chi connectivity index (χ1n) is 12.1. The van der Waals surface area contributed by atoms with Gasteiger partial charge >= 0.3 is 0 Å². The highest BCUT2D eigenvalue weighted by Gasteiger charge is 2.54. The van der Waals surface area contributed by atoms with Gasteiger partial charge in [0.2, 0.25) is 5.91 Å². The van der Waals surface area contributed by atoms with Crippen LogP contribution in [0.15, 0.2) is 48.5 Å². The quantitative estimate of drug-likeness (QED) is 0.710. The van der Waals surface area contributed by atoms with Crippen LogP contribution in [0, 0.1) is 18.7 Å². The predicted molar refractivity (Wildman–Crippen MR) is 129 cm³/mol. The largest absolute Gasteiger partial charge is 0.354 e. The zero-order valence-electron chi connectivity index (χ0n) is 20.4. The summed E-state index contributed by atoms with van der Waals surface area (Å²) < 4.78 is 20.4. The molecule has 1 spiro atoms. The van der Waals surface area contributed by atoms with Crippen LogP contribution >= 0.6 is 0 Å². The van der Waals surface area contributed by atoms with Crippen LogP contribution in [0.25, 0.3) is 0 Å². The maximum Gasteiger partial charge on any atom is 0.256 e. The van der Waals surface area contributed by atoms with Gasteiger partial charge in [-0.25, -0.2) is 4.39 Å². The number of nitrogens with one attached hydrogen (secondary N) is 1. The Morgan fingerprint density at radius 2 is 1.71 bits per heavy atom. The Kier molecular flexibility index (Phi) is 7.21. The van der Waals surface area contributed by atoms with Gasteiger partial charge in [0.1, 0.15) is 17.6 Å². The summed E-state index contributed by atoms with van der Waals surface area (Å²) >= 11 is 0. The van der Waals surface area contributed by atoms with Crippen LogP contribution in [0.2, 0.25) is 0 Å². The molecule has 2 saturated heterocycles. The molecule has 0 saturated carbocycles.